The van der Waals surface area contributed by atoms with Gasteiger partial charge >= 0.3 is 0 Å². The molecule has 0 radical (unpaired) electrons. The fraction of sp³-hybridized carbons (Fsp3) is 0.353. The minimum Gasteiger partial charge on any atom is -0.352 e. The van der Waals surface area contributed by atoms with Crippen molar-refractivity contribution in [2.45, 2.75) is 26.6 Å². The first-order valence-corrected chi connectivity index (χ1v) is 7.00. The van der Waals surface area contributed by atoms with Crippen LogP contribution in [0, 0.1) is 0 Å². The Morgan fingerprint density at radius 3 is 2.35 bits per heavy atom. The quantitative estimate of drug-likeness (QED) is 0.568. The number of benzene rings is 2. The van der Waals surface area contributed by atoms with Gasteiger partial charge in [0.15, 0.2) is 12.1 Å². The summed E-state index contributed by atoms with van der Waals surface area (Å²) in [5.74, 6) is 0.0497. The molecule has 0 atom stereocenters. The van der Waals surface area contributed by atoms with Crippen LogP contribution in [-0.2, 0) is 9.47 Å². The Morgan fingerprint density at radius 2 is 1.65 bits per heavy atom. The fourth-order valence-corrected chi connectivity index (χ4v) is 2.27. The standard InChI is InChI=1S/C17H20O3/c1-3-19-17(20-4-2)12-16(18)15-11-7-9-13-8-5-6-10-14(13)15/h5-11,17H,3-4,12H2,1-2H3. The molecule has 0 bridgehead atoms. The van der Waals surface area contributed by atoms with Crippen molar-refractivity contribution in [2.24, 2.45) is 0 Å². The molecule has 106 valence electrons. The summed E-state index contributed by atoms with van der Waals surface area (Å²) in [6.45, 7) is 4.86. The SMILES string of the molecule is CCOC(CC(=O)c1cccc2ccccc12)OCC. The summed E-state index contributed by atoms with van der Waals surface area (Å²) < 4.78 is 10.9. The molecule has 0 heterocycles. The Hall–Kier alpha value is -1.71. The highest BCUT2D eigenvalue weighted by molar-refractivity contribution is 6.08. The van der Waals surface area contributed by atoms with Gasteiger partial charge in [0, 0.05) is 18.8 Å². The van der Waals surface area contributed by atoms with Crippen LogP contribution in [0.25, 0.3) is 10.8 Å². The van der Waals surface area contributed by atoms with Crippen molar-refractivity contribution in [3.63, 3.8) is 0 Å². The molecule has 0 unspecified atom stereocenters. The Labute approximate surface area is 119 Å². The Balaban J connectivity index is 2.22. The Morgan fingerprint density at radius 1 is 1.00 bits per heavy atom. The topological polar surface area (TPSA) is 35.5 Å². The van der Waals surface area contributed by atoms with Gasteiger partial charge in [-0.05, 0) is 24.6 Å². The highest BCUT2D eigenvalue weighted by Crippen LogP contribution is 2.20. The third-order valence-electron chi connectivity index (χ3n) is 3.15. The monoisotopic (exact) mass is 272 g/mol. The van der Waals surface area contributed by atoms with Crippen molar-refractivity contribution in [3.05, 3.63) is 48.0 Å². The van der Waals surface area contributed by atoms with Crippen molar-refractivity contribution in [2.75, 3.05) is 13.2 Å². The van der Waals surface area contributed by atoms with E-state index < -0.39 is 6.29 Å². The van der Waals surface area contributed by atoms with Crippen LogP contribution in [0.15, 0.2) is 42.5 Å². The van der Waals surface area contributed by atoms with E-state index in [2.05, 4.69) is 0 Å². The first-order valence-electron chi connectivity index (χ1n) is 7.00. The van der Waals surface area contributed by atoms with Gasteiger partial charge in [0.05, 0.1) is 6.42 Å². The van der Waals surface area contributed by atoms with E-state index in [-0.39, 0.29) is 12.2 Å². The van der Waals surface area contributed by atoms with Crippen molar-refractivity contribution < 1.29 is 14.3 Å². The third-order valence-corrected chi connectivity index (χ3v) is 3.15. The van der Waals surface area contributed by atoms with Gasteiger partial charge in [-0.3, -0.25) is 4.79 Å². The van der Waals surface area contributed by atoms with E-state index >= 15 is 0 Å². The summed E-state index contributed by atoms with van der Waals surface area (Å²) in [5, 5.41) is 2.05. The molecular weight excluding hydrogens is 252 g/mol. The summed E-state index contributed by atoms with van der Waals surface area (Å²) in [7, 11) is 0. The molecular formula is C17H20O3. The maximum absolute atomic E-state index is 12.5. The average molecular weight is 272 g/mol. The third kappa shape index (κ3) is 3.44. The zero-order chi connectivity index (χ0) is 14.4. The van der Waals surface area contributed by atoms with E-state index in [1.54, 1.807) is 0 Å². The Bertz CT molecular complexity index is 566. The minimum atomic E-state index is -0.462. The van der Waals surface area contributed by atoms with Crippen LogP contribution in [-0.4, -0.2) is 25.3 Å². The highest BCUT2D eigenvalue weighted by atomic mass is 16.7. The van der Waals surface area contributed by atoms with Crippen LogP contribution in [0.2, 0.25) is 0 Å². The van der Waals surface area contributed by atoms with E-state index in [9.17, 15) is 4.79 Å². The first kappa shape index (κ1) is 14.7. The van der Waals surface area contributed by atoms with Gasteiger partial charge in [0.25, 0.3) is 0 Å². The summed E-state index contributed by atoms with van der Waals surface area (Å²) >= 11 is 0. The second kappa shape index (κ2) is 7.17. The van der Waals surface area contributed by atoms with Crippen molar-refractivity contribution >= 4 is 16.6 Å². The second-order valence-electron chi connectivity index (χ2n) is 4.49. The molecule has 0 saturated heterocycles. The molecule has 0 spiro atoms. The van der Waals surface area contributed by atoms with Crippen LogP contribution in [0.1, 0.15) is 30.6 Å². The molecule has 0 amide bonds. The lowest BCUT2D eigenvalue weighted by Crippen LogP contribution is -2.21. The molecule has 3 nitrogen and oxygen atoms in total. The van der Waals surface area contributed by atoms with Crippen LogP contribution in [0.3, 0.4) is 0 Å². The highest BCUT2D eigenvalue weighted by Gasteiger charge is 2.17. The van der Waals surface area contributed by atoms with E-state index in [1.807, 2.05) is 56.3 Å². The normalized spacial score (nSPS) is 11.2. The molecule has 0 aliphatic carbocycles. The van der Waals surface area contributed by atoms with Gasteiger partial charge in [0.1, 0.15) is 0 Å². The van der Waals surface area contributed by atoms with Crippen LogP contribution in [0.5, 0.6) is 0 Å². The number of rotatable bonds is 7. The lowest BCUT2D eigenvalue weighted by molar-refractivity contribution is -0.133. The van der Waals surface area contributed by atoms with Gasteiger partial charge in [-0.25, -0.2) is 0 Å². The van der Waals surface area contributed by atoms with Crippen LogP contribution in [0.4, 0.5) is 0 Å². The largest absolute Gasteiger partial charge is 0.352 e. The molecule has 0 saturated carbocycles. The smallest absolute Gasteiger partial charge is 0.168 e. The van der Waals surface area contributed by atoms with Crippen LogP contribution < -0.4 is 0 Å². The summed E-state index contributed by atoms with van der Waals surface area (Å²) in [5.41, 5.74) is 0.729. The van der Waals surface area contributed by atoms with Crippen molar-refractivity contribution in [3.8, 4) is 0 Å². The summed E-state index contributed by atoms with van der Waals surface area (Å²) in [6.07, 6.45) is -0.216. The fourth-order valence-electron chi connectivity index (χ4n) is 2.27. The summed E-state index contributed by atoms with van der Waals surface area (Å²) in [6, 6.07) is 13.7. The molecule has 3 heteroatoms. The molecule has 2 aromatic rings. The number of hydrogen-bond donors (Lipinski definition) is 0. The number of carbonyl (C=O) groups excluding carboxylic acids is 1. The number of Topliss-reactive ketones (excluding diaryl/α,β-unsaturated/α-hetero) is 1. The van der Waals surface area contributed by atoms with E-state index in [1.165, 1.54) is 0 Å². The summed E-state index contributed by atoms with van der Waals surface area (Å²) in [4.78, 5) is 12.5. The molecule has 2 aromatic carbocycles. The Kier molecular flexibility index (Phi) is 5.27. The molecule has 20 heavy (non-hydrogen) atoms. The maximum Gasteiger partial charge on any atom is 0.168 e. The zero-order valence-electron chi connectivity index (χ0n) is 12.0. The van der Waals surface area contributed by atoms with Gasteiger partial charge in [-0.15, -0.1) is 0 Å². The molecule has 2 rings (SSSR count). The van der Waals surface area contributed by atoms with Crippen LogP contribution >= 0.6 is 0 Å². The van der Waals surface area contributed by atoms with Gasteiger partial charge in [0.2, 0.25) is 0 Å². The average Bonchev–Trinajstić information content (AvgIpc) is 2.47. The lowest BCUT2D eigenvalue weighted by atomic mass is 10.00. The van der Waals surface area contributed by atoms with E-state index in [0.29, 0.717) is 13.2 Å². The van der Waals surface area contributed by atoms with Crippen molar-refractivity contribution in [1.29, 1.82) is 0 Å². The first-order chi connectivity index (χ1) is 9.76. The number of carbonyl (C=O) groups is 1. The number of hydrogen-bond acceptors (Lipinski definition) is 3. The number of ether oxygens (including phenoxy) is 2. The molecule has 0 aromatic heterocycles. The van der Waals surface area contributed by atoms with Gasteiger partial charge in [-0.1, -0.05) is 42.5 Å². The molecule has 0 aliphatic rings. The number of fused-ring (bicyclic) bond motifs is 1. The molecule has 0 fully saturated rings. The zero-order valence-corrected chi connectivity index (χ0v) is 12.0. The maximum atomic E-state index is 12.5. The van der Waals surface area contributed by atoms with E-state index in [0.717, 1.165) is 16.3 Å². The van der Waals surface area contributed by atoms with Gasteiger partial charge < -0.3 is 9.47 Å². The predicted octanol–water partition coefficient (Wildman–Crippen LogP) is 3.81. The van der Waals surface area contributed by atoms with E-state index in [4.69, 9.17) is 9.47 Å². The predicted molar refractivity (Wildman–Crippen MR) is 79.9 cm³/mol. The molecule has 0 N–H and O–H groups in total. The molecule has 0 aliphatic heterocycles. The van der Waals surface area contributed by atoms with Gasteiger partial charge in [-0.2, -0.15) is 0 Å². The lowest BCUT2D eigenvalue weighted by Gasteiger charge is -2.16. The second-order valence-corrected chi connectivity index (χ2v) is 4.49. The minimum absolute atomic E-state index is 0.0497. The number of ketones is 1. The van der Waals surface area contributed by atoms with Crippen molar-refractivity contribution in [1.82, 2.24) is 0 Å².